The van der Waals surface area contributed by atoms with E-state index in [-0.39, 0.29) is 5.82 Å². The molecule has 0 bridgehead atoms. The SMILES string of the molecule is Cn1cc(-c2c[nH]c(C(=NC=N)N3CCN(c4ncc([C@@](C)(N)c5ccc(F)cc5)cn4)CC3)c2)cn1. The van der Waals surface area contributed by atoms with Crippen LogP contribution in [0.15, 0.2) is 66.3 Å². The molecule has 0 spiro atoms. The summed E-state index contributed by atoms with van der Waals surface area (Å²) in [5.41, 5.74) is 10.1. The fraction of sp³-hybridized carbons (Fsp3) is 0.269. The van der Waals surface area contributed by atoms with Crippen LogP contribution in [0.25, 0.3) is 11.1 Å². The first-order valence-electron chi connectivity index (χ1n) is 12.0. The number of hydrogen-bond acceptors (Lipinski definition) is 6. The number of nitrogens with two attached hydrogens (primary N) is 1. The van der Waals surface area contributed by atoms with E-state index in [0.717, 1.165) is 40.1 Å². The summed E-state index contributed by atoms with van der Waals surface area (Å²) < 4.78 is 15.1. The minimum absolute atomic E-state index is 0.302. The summed E-state index contributed by atoms with van der Waals surface area (Å²) in [7, 11) is 1.88. The molecule has 0 radical (unpaired) electrons. The van der Waals surface area contributed by atoms with Crippen LogP contribution in [0.1, 0.15) is 23.7 Å². The molecule has 10 nitrogen and oxygen atoms in total. The smallest absolute Gasteiger partial charge is 0.225 e. The Hall–Kier alpha value is -4.38. The fourth-order valence-electron chi connectivity index (χ4n) is 4.48. The Kier molecular flexibility index (Phi) is 6.53. The third kappa shape index (κ3) is 4.98. The van der Waals surface area contributed by atoms with Crippen LogP contribution in [-0.4, -0.2) is 68.0 Å². The molecule has 1 aliphatic heterocycles. The first-order chi connectivity index (χ1) is 17.8. The van der Waals surface area contributed by atoms with E-state index in [0.29, 0.717) is 32.1 Å². The van der Waals surface area contributed by atoms with Gasteiger partial charge in [0.05, 0.1) is 17.4 Å². The molecule has 0 unspecified atom stereocenters. The first kappa shape index (κ1) is 24.3. The Morgan fingerprint density at radius 2 is 1.78 bits per heavy atom. The van der Waals surface area contributed by atoms with Gasteiger partial charge in [-0.05, 0) is 30.7 Å². The van der Waals surface area contributed by atoms with Crippen molar-refractivity contribution in [1.82, 2.24) is 29.6 Å². The van der Waals surface area contributed by atoms with Crippen LogP contribution in [0.5, 0.6) is 0 Å². The third-order valence-corrected chi connectivity index (χ3v) is 6.69. The Balaban J connectivity index is 1.26. The Labute approximate surface area is 214 Å². The highest BCUT2D eigenvalue weighted by molar-refractivity contribution is 6.01. The van der Waals surface area contributed by atoms with E-state index < -0.39 is 5.54 Å². The van der Waals surface area contributed by atoms with Crippen LogP contribution in [0.4, 0.5) is 10.3 Å². The van der Waals surface area contributed by atoms with E-state index in [4.69, 9.17) is 11.1 Å². The van der Waals surface area contributed by atoms with Crippen molar-refractivity contribution in [3.8, 4) is 11.1 Å². The molecule has 1 atom stereocenters. The second-order valence-electron chi connectivity index (χ2n) is 9.24. The highest BCUT2D eigenvalue weighted by atomic mass is 19.1. The van der Waals surface area contributed by atoms with Crippen molar-refractivity contribution in [2.75, 3.05) is 31.1 Å². The first-order valence-corrected chi connectivity index (χ1v) is 12.0. The van der Waals surface area contributed by atoms with Gasteiger partial charge in [-0.3, -0.25) is 10.1 Å². The molecule has 4 aromatic rings. The predicted octanol–water partition coefficient (Wildman–Crippen LogP) is 2.74. The molecule has 0 saturated carbocycles. The second kappa shape index (κ2) is 9.94. The van der Waals surface area contributed by atoms with Crippen molar-refractivity contribution in [3.63, 3.8) is 0 Å². The summed E-state index contributed by atoms with van der Waals surface area (Å²) in [4.78, 5) is 21.1. The molecule has 37 heavy (non-hydrogen) atoms. The van der Waals surface area contributed by atoms with Gasteiger partial charge in [-0.2, -0.15) is 5.10 Å². The quantitative estimate of drug-likeness (QED) is 0.276. The largest absolute Gasteiger partial charge is 0.358 e. The highest BCUT2D eigenvalue weighted by Crippen LogP contribution is 2.27. The number of anilines is 1. The Morgan fingerprint density at radius 1 is 1.08 bits per heavy atom. The van der Waals surface area contributed by atoms with Gasteiger partial charge in [0.25, 0.3) is 0 Å². The predicted molar refractivity (Wildman–Crippen MR) is 141 cm³/mol. The number of aromatic nitrogens is 5. The number of aliphatic imine (C=N–C) groups is 1. The summed E-state index contributed by atoms with van der Waals surface area (Å²) in [5.74, 6) is 1.05. The van der Waals surface area contributed by atoms with Crippen LogP contribution >= 0.6 is 0 Å². The van der Waals surface area contributed by atoms with Crippen molar-refractivity contribution in [2.24, 2.45) is 17.8 Å². The van der Waals surface area contributed by atoms with Gasteiger partial charge in [-0.15, -0.1) is 0 Å². The molecule has 5 rings (SSSR count). The molecule has 3 aromatic heterocycles. The Morgan fingerprint density at radius 3 is 2.41 bits per heavy atom. The van der Waals surface area contributed by atoms with Crippen LogP contribution in [0.2, 0.25) is 0 Å². The topological polar surface area (TPSA) is 128 Å². The van der Waals surface area contributed by atoms with Gasteiger partial charge in [0.1, 0.15) is 12.2 Å². The van der Waals surface area contributed by atoms with Crippen LogP contribution in [0.3, 0.4) is 0 Å². The van der Waals surface area contributed by atoms with Gasteiger partial charge < -0.3 is 20.5 Å². The monoisotopic (exact) mass is 500 g/mol. The molecular weight excluding hydrogens is 471 g/mol. The standard InChI is InChI=1S/C26H29FN10/c1-26(29,20-3-5-22(27)6-4-20)21-14-31-25(32-15-21)37-9-7-36(8-10-37)24(33-17-28)23-11-18(12-30-23)19-13-34-35(2)16-19/h3-6,11-17,28,30H,7-10,29H2,1-2H3/t26-/m0/s1. The van der Waals surface area contributed by atoms with Crippen molar-refractivity contribution in [1.29, 1.82) is 5.41 Å². The second-order valence-corrected chi connectivity index (χ2v) is 9.24. The van der Waals surface area contributed by atoms with Gasteiger partial charge in [0, 0.05) is 74.7 Å². The van der Waals surface area contributed by atoms with E-state index >= 15 is 0 Å². The zero-order valence-electron chi connectivity index (χ0n) is 20.8. The molecule has 1 fully saturated rings. The number of nitrogens with one attached hydrogen (secondary N) is 2. The van der Waals surface area contributed by atoms with Gasteiger partial charge in [-0.1, -0.05) is 12.1 Å². The molecule has 190 valence electrons. The highest BCUT2D eigenvalue weighted by Gasteiger charge is 2.27. The number of piperazine rings is 1. The van der Waals surface area contributed by atoms with Crippen LogP contribution in [0, 0.1) is 11.2 Å². The minimum Gasteiger partial charge on any atom is -0.358 e. The summed E-state index contributed by atoms with van der Waals surface area (Å²) in [6.07, 6.45) is 10.2. The zero-order chi connectivity index (χ0) is 26.0. The molecule has 1 aliphatic rings. The zero-order valence-corrected chi connectivity index (χ0v) is 20.8. The number of amidine groups is 1. The number of H-pyrrole nitrogens is 1. The summed E-state index contributed by atoms with van der Waals surface area (Å²) >= 11 is 0. The average molecular weight is 501 g/mol. The maximum atomic E-state index is 13.3. The maximum Gasteiger partial charge on any atom is 0.225 e. The lowest BCUT2D eigenvalue weighted by Crippen LogP contribution is -2.49. The number of hydrogen-bond donors (Lipinski definition) is 3. The molecule has 4 N–H and O–H groups in total. The van der Waals surface area contributed by atoms with Gasteiger partial charge >= 0.3 is 0 Å². The third-order valence-electron chi connectivity index (χ3n) is 6.69. The lowest BCUT2D eigenvalue weighted by molar-refractivity contribution is 0.383. The summed E-state index contributed by atoms with van der Waals surface area (Å²) in [6, 6.07) is 8.19. The van der Waals surface area contributed by atoms with Gasteiger partial charge in [0.2, 0.25) is 5.95 Å². The number of aryl methyl sites for hydroxylation is 1. The van der Waals surface area contributed by atoms with Gasteiger partial charge in [-0.25, -0.2) is 19.4 Å². The lowest BCUT2D eigenvalue weighted by Gasteiger charge is -2.36. The molecule has 11 heteroatoms. The number of aromatic amines is 1. The fourth-order valence-corrected chi connectivity index (χ4v) is 4.48. The molecule has 0 aliphatic carbocycles. The number of halogens is 1. The van der Waals surface area contributed by atoms with Crippen molar-refractivity contribution in [3.05, 3.63) is 84.0 Å². The van der Waals surface area contributed by atoms with Crippen molar-refractivity contribution in [2.45, 2.75) is 12.5 Å². The minimum atomic E-state index is -0.840. The molecule has 4 heterocycles. The van der Waals surface area contributed by atoms with Crippen LogP contribution in [-0.2, 0) is 12.6 Å². The average Bonchev–Trinajstić information content (AvgIpc) is 3.57. The van der Waals surface area contributed by atoms with E-state index in [9.17, 15) is 4.39 Å². The number of benzene rings is 1. The van der Waals surface area contributed by atoms with E-state index in [2.05, 4.69) is 34.8 Å². The summed E-state index contributed by atoms with van der Waals surface area (Å²) in [5, 5.41) is 11.8. The summed E-state index contributed by atoms with van der Waals surface area (Å²) in [6.45, 7) is 4.66. The number of nitrogens with zero attached hydrogens (tertiary/aromatic N) is 7. The maximum absolute atomic E-state index is 13.3. The lowest BCUT2D eigenvalue weighted by atomic mass is 9.87. The van der Waals surface area contributed by atoms with Gasteiger partial charge in [0.15, 0.2) is 5.84 Å². The van der Waals surface area contributed by atoms with E-state index in [1.807, 2.05) is 38.6 Å². The normalized spacial score (nSPS) is 16.1. The number of rotatable bonds is 6. The van der Waals surface area contributed by atoms with Crippen LogP contribution < -0.4 is 10.6 Å². The van der Waals surface area contributed by atoms with Crippen molar-refractivity contribution >= 4 is 18.1 Å². The molecule has 0 amide bonds. The Bertz CT molecular complexity index is 1390. The van der Waals surface area contributed by atoms with Crippen molar-refractivity contribution < 1.29 is 4.39 Å². The molecule has 1 saturated heterocycles. The van der Waals surface area contributed by atoms with E-state index in [1.165, 1.54) is 12.1 Å². The molecular formula is C26H29FN10. The molecule has 1 aromatic carbocycles. The van der Waals surface area contributed by atoms with E-state index in [1.54, 1.807) is 29.2 Å².